The number of rotatable bonds is 7. The summed E-state index contributed by atoms with van der Waals surface area (Å²) in [6.07, 6.45) is 0.792. The molecule has 0 atom stereocenters. The molecule has 146 valence electrons. The molecule has 1 aromatic heterocycles. The largest absolute Gasteiger partial charge is 0.375 e. The topological polar surface area (TPSA) is 50.2 Å². The summed E-state index contributed by atoms with van der Waals surface area (Å²) >= 11 is 6.38. The minimum absolute atomic E-state index is 0.211. The molecular formula is C21H22ClFN4O. The highest BCUT2D eigenvalue weighted by Crippen LogP contribution is 2.23. The predicted molar refractivity (Wildman–Crippen MR) is 110 cm³/mol. The number of aryl methyl sites for hydroxylation is 1. The van der Waals surface area contributed by atoms with E-state index in [-0.39, 0.29) is 16.9 Å². The molecule has 0 unspecified atom stereocenters. The standard InChI is InChI=1S/C21H22ClFN4O/c1-15-19(20(22)27(25-15)18-11-9-16(23)10-12-18)21(28)24-13-6-14-26(2)17-7-4-3-5-8-17/h3-5,7-12H,6,13-14H2,1-2H3,(H,24,28). The number of nitrogens with one attached hydrogen (secondary N) is 1. The third-order valence-corrected chi connectivity index (χ3v) is 4.80. The van der Waals surface area contributed by atoms with Crippen molar-refractivity contribution in [1.82, 2.24) is 15.1 Å². The molecule has 0 saturated heterocycles. The fraction of sp³-hybridized carbons (Fsp3) is 0.238. The zero-order valence-corrected chi connectivity index (χ0v) is 16.6. The SMILES string of the molecule is Cc1nn(-c2ccc(F)cc2)c(Cl)c1C(=O)NCCCN(C)c1ccccc1. The van der Waals surface area contributed by atoms with Gasteiger partial charge in [-0.15, -0.1) is 0 Å². The van der Waals surface area contributed by atoms with Crippen LogP contribution in [0.15, 0.2) is 54.6 Å². The Balaban J connectivity index is 1.59. The van der Waals surface area contributed by atoms with Crippen LogP contribution in [0.1, 0.15) is 22.5 Å². The Morgan fingerprint density at radius 2 is 1.86 bits per heavy atom. The second kappa shape index (κ2) is 8.89. The van der Waals surface area contributed by atoms with E-state index in [2.05, 4.69) is 15.3 Å². The zero-order valence-electron chi connectivity index (χ0n) is 15.8. The molecule has 0 spiro atoms. The average molecular weight is 401 g/mol. The summed E-state index contributed by atoms with van der Waals surface area (Å²) in [6, 6.07) is 15.8. The van der Waals surface area contributed by atoms with Crippen molar-refractivity contribution in [2.45, 2.75) is 13.3 Å². The molecule has 0 aliphatic rings. The van der Waals surface area contributed by atoms with Crippen LogP contribution in [0.5, 0.6) is 0 Å². The minimum atomic E-state index is -0.345. The lowest BCUT2D eigenvalue weighted by atomic mass is 10.2. The lowest BCUT2D eigenvalue weighted by Gasteiger charge is -2.19. The fourth-order valence-electron chi connectivity index (χ4n) is 2.93. The summed E-state index contributed by atoms with van der Waals surface area (Å²) in [5.41, 5.74) is 2.59. The van der Waals surface area contributed by atoms with E-state index in [1.807, 2.05) is 37.4 Å². The van der Waals surface area contributed by atoms with Crippen molar-refractivity contribution < 1.29 is 9.18 Å². The number of para-hydroxylation sites is 1. The first-order chi connectivity index (χ1) is 13.5. The number of carbonyl (C=O) groups is 1. The normalized spacial score (nSPS) is 10.7. The Kier molecular flexibility index (Phi) is 6.31. The third kappa shape index (κ3) is 4.51. The summed E-state index contributed by atoms with van der Waals surface area (Å²) in [6.45, 7) is 3.06. The van der Waals surface area contributed by atoms with Gasteiger partial charge >= 0.3 is 0 Å². The molecule has 0 bridgehead atoms. The minimum Gasteiger partial charge on any atom is -0.375 e. The van der Waals surface area contributed by atoms with Gasteiger partial charge in [-0.1, -0.05) is 29.8 Å². The van der Waals surface area contributed by atoms with Crippen molar-refractivity contribution in [3.63, 3.8) is 0 Å². The lowest BCUT2D eigenvalue weighted by molar-refractivity contribution is 0.0953. The van der Waals surface area contributed by atoms with Crippen molar-refractivity contribution in [1.29, 1.82) is 0 Å². The number of aromatic nitrogens is 2. The monoisotopic (exact) mass is 400 g/mol. The van der Waals surface area contributed by atoms with E-state index in [9.17, 15) is 9.18 Å². The van der Waals surface area contributed by atoms with E-state index in [0.717, 1.165) is 18.7 Å². The van der Waals surface area contributed by atoms with Gasteiger partial charge in [0, 0.05) is 25.8 Å². The Hall–Kier alpha value is -2.86. The Morgan fingerprint density at radius 1 is 1.18 bits per heavy atom. The molecule has 0 fully saturated rings. The van der Waals surface area contributed by atoms with Gasteiger partial charge in [0.1, 0.15) is 11.0 Å². The van der Waals surface area contributed by atoms with Gasteiger partial charge in [-0.25, -0.2) is 9.07 Å². The van der Waals surface area contributed by atoms with E-state index < -0.39 is 0 Å². The van der Waals surface area contributed by atoms with Crippen LogP contribution in [0.2, 0.25) is 5.15 Å². The molecular weight excluding hydrogens is 379 g/mol. The van der Waals surface area contributed by atoms with Gasteiger partial charge in [0.2, 0.25) is 0 Å². The summed E-state index contributed by atoms with van der Waals surface area (Å²) < 4.78 is 14.6. The molecule has 1 N–H and O–H groups in total. The van der Waals surface area contributed by atoms with Gasteiger partial charge in [-0.05, 0) is 49.7 Å². The van der Waals surface area contributed by atoms with Crippen LogP contribution in [-0.4, -0.2) is 35.8 Å². The second-order valence-corrected chi connectivity index (χ2v) is 6.86. The molecule has 0 radical (unpaired) electrons. The Morgan fingerprint density at radius 3 is 2.54 bits per heavy atom. The molecule has 7 heteroatoms. The first kappa shape index (κ1) is 19.9. The van der Waals surface area contributed by atoms with Crippen LogP contribution in [0, 0.1) is 12.7 Å². The van der Waals surface area contributed by atoms with Crippen LogP contribution in [-0.2, 0) is 0 Å². The average Bonchev–Trinajstić information content (AvgIpc) is 3.00. The number of nitrogens with zero attached hydrogens (tertiary/aromatic N) is 3. The molecule has 1 amide bonds. The highest BCUT2D eigenvalue weighted by Gasteiger charge is 2.20. The van der Waals surface area contributed by atoms with Gasteiger partial charge in [0.25, 0.3) is 5.91 Å². The van der Waals surface area contributed by atoms with Crippen molar-refractivity contribution >= 4 is 23.2 Å². The van der Waals surface area contributed by atoms with Crippen molar-refractivity contribution in [2.75, 3.05) is 25.0 Å². The molecule has 2 aromatic carbocycles. The van der Waals surface area contributed by atoms with E-state index in [1.165, 1.54) is 16.8 Å². The molecule has 1 heterocycles. The van der Waals surface area contributed by atoms with Gasteiger partial charge in [-0.3, -0.25) is 4.79 Å². The van der Waals surface area contributed by atoms with Gasteiger partial charge in [-0.2, -0.15) is 5.10 Å². The van der Waals surface area contributed by atoms with Crippen LogP contribution < -0.4 is 10.2 Å². The maximum atomic E-state index is 13.1. The molecule has 3 rings (SSSR count). The lowest BCUT2D eigenvalue weighted by Crippen LogP contribution is -2.28. The summed E-state index contributed by atoms with van der Waals surface area (Å²) in [7, 11) is 2.02. The smallest absolute Gasteiger partial charge is 0.256 e. The molecule has 0 aliphatic carbocycles. The number of hydrogen-bond donors (Lipinski definition) is 1. The van der Waals surface area contributed by atoms with E-state index in [4.69, 9.17) is 11.6 Å². The Bertz CT molecular complexity index is 941. The zero-order chi connectivity index (χ0) is 20.1. The van der Waals surface area contributed by atoms with Crippen LogP contribution in [0.25, 0.3) is 5.69 Å². The van der Waals surface area contributed by atoms with Crippen molar-refractivity contribution in [3.05, 3.63) is 76.8 Å². The van der Waals surface area contributed by atoms with E-state index >= 15 is 0 Å². The van der Waals surface area contributed by atoms with Crippen molar-refractivity contribution in [2.24, 2.45) is 0 Å². The molecule has 3 aromatic rings. The number of hydrogen-bond acceptors (Lipinski definition) is 3. The second-order valence-electron chi connectivity index (χ2n) is 6.51. The quantitative estimate of drug-likeness (QED) is 0.604. The highest BCUT2D eigenvalue weighted by atomic mass is 35.5. The summed E-state index contributed by atoms with van der Waals surface area (Å²) in [5, 5.41) is 7.43. The number of benzene rings is 2. The van der Waals surface area contributed by atoms with Gasteiger partial charge < -0.3 is 10.2 Å². The maximum absolute atomic E-state index is 13.1. The first-order valence-corrected chi connectivity index (χ1v) is 9.40. The first-order valence-electron chi connectivity index (χ1n) is 9.03. The molecule has 0 aliphatic heterocycles. The van der Waals surface area contributed by atoms with Crippen LogP contribution in [0.3, 0.4) is 0 Å². The number of halogens is 2. The number of amides is 1. The molecule has 5 nitrogen and oxygen atoms in total. The predicted octanol–water partition coefficient (Wildman–Crippen LogP) is 4.23. The van der Waals surface area contributed by atoms with E-state index in [1.54, 1.807) is 19.1 Å². The highest BCUT2D eigenvalue weighted by molar-refractivity contribution is 6.33. The summed E-state index contributed by atoms with van der Waals surface area (Å²) in [4.78, 5) is 14.7. The fourth-order valence-corrected chi connectivity index (χ4v) is 3.29. The van der Waals surface area contributed by atoms with Gasteiger partial charge in [0.15, 0.2) is 0 Å². The third-order valence-electron chi connectivity index (χ3n) is 4.46. The number of anilines is 1. The van der Waals surface area contributed by atoms with Crippen LogP contribution in [0.4, 0.5) is 10.1 Å². The Labute approximate surface area is 168 Å². The maximum Gasteiger partial charge on any atom is 0.256 e. The summed E-state index contributed by atoms with van der Waals surface area (Å²) in [5.74, 6) is -0.611. The molecule has 28 heavy (non-hydrogen) atoms. The van der Waals surface area contributed by atoms with E-state index in [0.29, 0.717) is 23.5 Å². The van der Waals surface area contributed by atoms with Gasteiger partial charge in [0.05, 0.1) is 16.9 Å². The van der Waals surface area contributed by atoms with Crippen LogP contribution >= 0.6 is 11.6 Å². The molecule has 0 saturated carbocycles. The van der Waals surface area contributed by atoms with Crippen molar-refractivity contribution in [3.8, 4) is 5.69 Å². The number of carbonyl (C=O) groups excluding carboxylic acids is 1.